The van der Waals surface area contributed by atoms with Gasteiger partial charge in [0.15, 0.2) is 0 Å². The molecule has 152 valence electrons. The van der Waals surface area contributed by atoms with E-state index in [-0.39, 0.29) is 11.8 Å². The Hall–Kier alpha value is -1.09. The number of nitrogens with zero attached hydrogens (tertiary/aromatic N) is 2. The Balaban J connectivity index is 0.000000696. The molecule has 0 atom stereocenters. The maximum Gasteiger partial charge on any atom is 0.246 e. The van der Waals surface area contributed by atoms with E-state index in [1.807, 2.05) is 12.1 Å². The van der Waals surface area contributed by atoms with E-state index in [1.165, 1.54) is 6.08 Å². The van der Waals surface area contributed by atoms with Gasteiger partial charge >= 0.3 is 0 Å². The normalized spacial score (nSPS) is 13.3. The van der Waals surface area contributed by atoms with Gasteiger partial charge in [0.1, 0.15) is 0 Å². The fraction of sp³-hybridized carbons (Fsp3) is 0.316. The minimum Gasteiger partial charge on any atom is -0.339 e. The molecule has 0 N–H and O–H groups in total. The van der Waals surface area contributed by atoms with Gasteiger partial charge in [0.05, 0.1) is 10.0 Å². The third-order valence-electron chi connectivity index (χ3n) is 3.98. The van der Waals surface area contributed by atoms with Crippen LogP contribution in [0, 0.1) is 3.57 Å². The number of hydrogen-bond donors (Lipinski definition) is 0. The summed E-state index contributed by atoms with van der Waals surface area (Å²) < 4.78 is 1.01. The van der Waals surface area contributed by atoms with Crippen LogP contribution in [-0.2, 0) is 20.8 Å². The van der Waals surface area contributed by atoms with Crippen LogP contribution < -0.4 is 0 Å². The highest BCUT2D eigenvalue weighted by Gasteiger charge is 2.22. The first kappa shape index (κ1) is 24.9. The maximum atomic E-state index is 12.3. The van der Waals surface area contributed by atoms with Crippen LogP contribution in [0.3, 0.4) is 0 Å². The lowest BCUT2D eigenvalue weighted by Crippen LogP contribution is -2.50. The molecular weight excluding hydrogens is 537 g/mol. The Bertz CT molecular complexity index is 763. The van der Waals surface area contributed by atoms with Gasteiger partial charge in [0.25, 0.3) is 0 Å². The first-order valence-corrected chi connectivity index (χ1v) is 10.5. The molecular formula is C19H20Cl3IN2O3. The average Bonchev–Trinajstić information content (AvgIpc) is 2.69. The molecule has 9 heteroatoms. The van der Waals surface area contributed by atoms with E-state index in [0.29, 0.717) is 49.1 Å². The summed E-state index contributed by atoms with van der Waals surface area (Å²) in [4.78, 5) is 36.8. The highest BCUT2D eigenvalue weighted by atomic mass is 127. The summed E-state index contributed by atoms with van der Waals surface area (Å²) in [5.74, 6) is 0.0139. The van der Waals surface area contributed by atoms with Crippen LogP contribution in [0.25, 0.3) is 0 Å². The molecule has 1 aromatic carbocycles. The van der Waals surface area contributed by atoms with Crippen molar-refractivity contribution in [2.24, 2.45) is 0 Å². The molecule has 1 heterocycles. The number of allylic oxidation sites excluding steroid dienone is 1. The molecule has 1 aliphatic rings. The van der Waals surface area contributed by atoms with Gasteiger partial charge in [0.2, 0.25) is 17.1 Å². The van der Waals surface area contributed by atoms with E-state index >= 15 is 0 Å². The third-order valence-corrected chi connectivity index (χ3v) is 5.86. The smallest absolute Gasteiger partial charge is 0.246 e. The number of halogens is 4. The molecule has 0 radical (unpaired) electrons. The van der Waals surface area contributed by atoms with Crippen molar-refractivity contribution < 1.29 is 14.4 Å². The molecule has 1 saturated heterocycles. The zero-order valence-corrected chi connectivity index (χ0v) is 19.5. The standard InChI is InChI=1S/C16H17Cl2IN2O2.C3H3ClO/c1-2-15(22)20-5-7-21(8-6-20)16(23)4-3-11-9-12(17)13(18)10-14(11)19;1-2-3(4)5/h2,9-10H,1,3-8H2;2H,1H2. The second-order valence-corrected chi connectivity index (χ2v) is 8.13. The summed E-state index contributed by atoms with van der Waals surface area (Å²) >= 11 is 18.9. The summed E-state index contributed by atoms with van der Waals surface area (Å²) in [7, 11) is 0. The lowest BCUT2D eigenvalue weighted by molar-refractivity contribution is -0.137. The number of hydrogen-bond acceptors (Lipinski definition) is 3. The molecule has 0 aliphatic carbocycles. The molecule has 0 bridgehead atoms. The molecule has 2 rings (SSSR count). The Morgan fingerprint density at radius 3 is 2.00 bits per heavy atom. The number of piperazine rings is 1. The number of aryl methyl sites for hydroxylation is 1. The van der Waals surface area contributed by atoms with Gasteiger partial charge < -0.3 is 9.80 Å². The SMILES string of the molecule is C=CC(=O)Cl.C=CC(=O)N1CCN(C(=O)CCc2cc(Cl)c(Cl)cc2I)CC1. The van der Waals surface area contributed by atoms with Crippen molar-refractivity contribution in [1.29, 1.82) is 0 Å². The number of rotatable bonds is 5. The van der Waals surface area contributed by atoms with E-state index in [4.69, 9.17) is 34.8 Å². The second-order valence-electron chi connectivity index (χ2n) is 5.78. The molecule has 0 aromatic heterocycles. The van der Waals surface area contributed by atoms with E-state index in [0.717, 1.165) is 15.2 Å². The van der Waals surface area contributed by atoms with Gasteiger partial charge in [0, 0.05) is 36.2 Å². The van der Waals surface area contributed by atoms with Gasteiger partial charge in [-0.3, -0.25) is 14.4 Å². The fourth-order valence-corrected chi connectivity index (χ4v) is 3.73. The van der Waals surface area contributed by atoms with E-state index < -0.39 is 5.24 Å². The van der Waals surface area contributed by atoms with Gasteiger partial charge in [-0.05, 0) is 70.5 Å². The van der Waals surface area contributed by atoms with E-state index in [1.54, 1.807) is 9.80 Å². The average molecular weight is 558 g/mol. The van der Waals surface area contributed by atoms with Crippen molar-refractivity contribution in [2.75, 3.05) is 26.2 Å². The molecule has 1 aromatic rings. The molecule has 1 aliphatic heterocycles. The Kier molecular flexibility index (Phi) is 11.1. The quantitative estimate of drug-likeness (QED) is 0.235. The van der Waals surface area contributed by atoms with Gasteiger partial charge in [-0.2, -0.15) is 0 Å². The Labute approximate surface area is 193 Å². The van der Waals surface area contributed by atoms with Crippen LogP contribution in [0.4, 0.5) is 0 Å². The van der Waals surface area contributed by atoms with E-state index in [2.05, 4.69) is 35.7 Å². The molecule has 2 amide bonds. The van der Waals surface area contributed by atoms with Crippen LogP contribution in [0.15, 0.2) is 37.4 Å². The lowest BCUT2D eigenvalue weighted by atomic mass is 10.1. The minimum atomic E-state index is -0.509. The molecule has 0 unspecified atom stereocenters. The van der Waals surface area contributed by atoms with Crippen molar-refractivity contribution in [3.8, 4) is 0 Å². The largest absolute Gasteiger partial charge is 0.339 e. The highest BCUT2D eigenvalue weighted by Crippen LogP contribution is 2.27. The summed E-state index contributed by atoms with van der Waals surface area (Å²) in [6.45, 7) is 8.81. The van der Waals surface area contributed by atoms with Crippen LogP contribution in [0.2, 0.25) is 10.0 Å². The monoisotopic (exact) mass is 556 g/mol. The number of benzene rings is 1. The van der Waals surface area contributed by atoms with Crippen molar-refractivity contribution in [3.05, 3.63) is 56.6 Å². The predicted molar refractivity (Wildman–Crippen MR) is 122 cm³/mol. The lowest BCUT2D eigenvalue weighted by Gasteiger charge is -2.34. The van der Waals surface area contributed by atoms with Crippen LogP contribution in [-0.4, -0.2) is 53.0 Å². The fourth-order valence-electron chi connectivity index (χ4n) is 2.46. The Morgan fingerprint density at radius 1 is 1.00 bits per heavy atom. The first-order valence-electron chi connectivity index (χ1n) is 8.34. The minimum absolute atomic E-state index is 0.0811. The molecule has 0 saturated carbocycles. The molecule has 28 heavy (non-hydrogen) atoms. The van der Waals surface area contributed by atoms with Crippen molar-refractivity contribution >= 4 is 74.5 Å². The van der Waals surface area contributed by atoms with Gasteiger partial charge in [-0.1, -0.05) is 36.4 Å². The maximum absolute atomic E-state index is 12.3. The number of amides is 2. The second kappa shape index (κ2) is 12.5. The topological polar surface area (TPSA) is 57.7 Å². The summed E-state index contributed by atoms with van der Waals surface area (Å²) in [5.41, 5.74) is 1.02. The van der Waals surface area contributed by atoms with Gasteiger partial charge in [-0.15, -0.1) is 0 Å². The van der Waals surface area contributed by atoms with E-state index in [9.17, 15) is 14.4 Å². The number of carbonyl (C=O) groups is 3. The zero-order chi connectivity index (χ0) is 21.3. The van der Waals surface area contributed by atoms with Crippen molar-refractivity contribution in [1.82, 2.24) is 9.80 Å². The summed E-state index contributed by atoms with van der Waals surface area (Å²) in [6, 6.07) is 3.63. The zero-order valence-electron chi connectivity index (χ0n) is 15.1. The van der Waals surface area contributed by atoms with Gasteiger partial charge in [-0.25, -0.2) is 0 Å². The first-order chi connectivity index (χ1) is 13.2. The summed E-state index contributed by atoms with van der Waals surface area (Å²) in [5, 5.41) is 0.519. The van der Waals surface area contributed by atoms with Crippen LogP contribution in [0.5, 0.6) is 0 Å². The molecule has 5 nitrogen and oxygen atoms in total. The third kappa shape index (κ3) is 8.11. The predicted octanol–water partition coefficient (Wildman–Crippen LogP) is 4.33. The number of carbonyl (C=O) groups excluding carboxylic acids is 3. The van der Waals surface area contributed by atoms with Crippen LogP contribution in [0.1, 0.15) is 12.0 Å². The van der Waals surface area contributed by atoms with Crippen molar-refractivity contribution in [2.45, 2.75) is 12.8 Å². The van der Waals surface area contributed by atoms with Crippen LogP contribution >= 0.6 is 57.4 Å². The summed E-state index contributed by atoms with van der Waals surface area (Å²) in [6.07, 6.45) is 3.40. The van der Waals surface area contributed by atoms with Crippen molar-refractivity contribution in [3.63, 3.8) is 0 Å². The highest BCUT2D eigenvalue weighted by molar-refractivity contribution is 14.1. The Morgan fingerprint density at radius 2 is 1.50 bits per heavy atom. The molecule has 0 spiro atoms. The molecule has 1 fully saturated rings.